The van der Waals surface area contributed by atoms with E-state index >= 15 is 0 Å². The maximum absolute atomic E-state index is 5.71. The molecule has 0 heterocycles. The van der Waals surface area contributed by atoms with E-state index in [1.165, 1.54) is 7.05 Å². The van der Waals surface area contributed by atoms with Crippen molar-refractivity contribution in [2.45, 2.75) is 10.2 Å². The first-order valence-electron chi connectivity index (χ1n) is 5.80. The summed E-state index contributed by atoms with van der Waals surface area (Å²) < 4.78 is 14.1. The molecular weight excluding hydrogens is 325 g/mol. The number of halogens is 3. The van der Waals surface area contributed by atoms with Gasteiger partial charge in [-0.05, 0) is 17.7 Å². The van der Waals surface area contributed by atoms with Gasteiger partial charge in [0.05, 0.1) is 20.8 Å². The molecule has 1 rings (SSSR count). The summed E-state index contributed by atoms with van der Waals surface area (Å²) in [6.45, 7) is 0.343. The van der Waals surface area contributed by atoms with Crippen LogP contribution in [0.25, 0.3) is 0 Å². The first-order valence-corrected chi connectivity index (χ1v) is 6.93. The van der Waals surface area contributed by atoms with Gasteiger partial charge in [0.15, 0.2) is 11.5 Å². The molecule has 0 aromatic heterocycles. The van der Waals surface area contributed by atoms with Crippen molar-refractivity contribution in [3.63, 3.8) is 0 Å². The fourth-order valence-electron chi connectivity index (χ4n) is 1.57. The Bertz CT molecular complexity index is 472. The molecule has 1 aromatic carbocycles. The highest BCUT2D eigenvalue weighted by atomic mass is 35.6. The molecule has 1 aromatic rings. The largest absolute Gasteiger partial charge is 0.493 e. The number of alkyl halides is 3. The Morgan fingerprint density at radius 2 is 1.80 bits per heavy atom. The zero-order valence-corrected chi connectivity index (χ0v) is 13.7. The Morgan fingerprint density at radius 1 is 1.15 bits per heavy atom. The first kappa shape index (κ1) is 17.2. The molecule has 0 spiro atoms. The minimum Gasteiger partial charge on any atom is -0.493 e. The summed E-state index contributed by atoms with van der Waals surface area (Å²) in [5.41, 5.74) is 1.02. The van der Waals surface area contributed by atoms with E-state index in [4.69, 9.17) is 49.0 Å². The highest BCUT2D eigenvalue weighted by Crippen LogP contribution is 2.29. The first-order chi connectivity index (χ1) is 9.42. The van der Waals surface area contributed by atoms with Gasteiger partial charge >= 0.3 is 0 Å². The van der Waals surface area contributed by atoms with Crippen LogP contribution in [-0.4, -0.2) is 37.6 Å². The van der Waals surface area contributed by atoms with E-state index < -0.39 is 3.79 Å². The molecule has 7 heteroatoms. The lowest BCUT2D eigenvalue weighted by Crippen LogP contribution is -2.23. The van der Waals surface area contributed by atoms with Crippen LogP contribution in [0.3, 0.4) is 0 Å². The third kappa shape index (κ3) is 4.93. The number of nitrogens with zero attached hydrogens (tertiary/aromatic N) is 1. The van der Waals surface area contributed by atoms with Crippen molar-refractivity contribution in [2.75, 3.05) is 27.9 Å². The molecule has 0 amide bonds. The van der Waals surface area contributed by atoms with Crippen LogP contribution in [0.5, 0.6) is 11.5 Å². The van der Waals surface area contributed by atoms with Gasteiger partial charge in [-0.2, -0.15) is 0 Å². The molecule has 112 valence electrons. The van der Waals surface area contributed by atoms with E-state index in [1.807, 2.05) is 18.2 Å². The summed E-state index contributed by atoms with van der Waals surface area (Å²) >= 11 is 17.1. The van der Waals surface area contributed by atoms with Crippen LogP contribution in [0, 0.1) is 0 Å². The van der Waals surface area contributed by atoms with E-state index in [0.717, 1.165) is 5.56 Å². The zero-order valence-electron chi connectivity index (χ0n) is 11.5. The van der Waals surface area contributed by atoms with Gasteiger partial charge in [0, 0.05) is 13.5 Å². The van der Waals surface area contributed by atoms with Gasteiger partial charge in [0.1, 0.15) is 0 Å². The van der Waals surface area contributed by atoms with Crippen molar-refractivity contribution in [1.29, 1.82) is 0 Å². The van der Waals surface area contributed by atoms with Crippen LogP contribution in [0.2, 0.25) is 0 Å². The average molecular weight is 341 g/mol. The minimum absolute atomic E-state index is 0.0722. The maximum Gasteiger partial charge on any atom is 0.266 e. The summed E-state index contributed by atoms with van der Waals surface area (Å²) in [5, 5.41) is 0. The molecule has 0 saturated heterocycles. The molecule has 20 heavy (non-hydrogen) atoms. The molecule has 0 saturated carbocycles. The van der Waals surface area contributed by atoms with Crippen LogP contribution in [0.1, 0.15) is 5.56 Å². The lowest BCUT2D eigenvalue weighted by Gasteiger charge is -2.15. The van der Waals surface area contributed by atoms with Gasteiger partial charge in [0.2, 0.25) is 5.90 Å². The lowest BCUT2D eigenvalue weighted by atomic mass is 10.1. The summed E-state index contributed by atoms with van der Waals surface area (Å²) in [4.78, 5) is 3.81. The predicted octanol–water partition coefficient (Wildman–Crippen LogP) is 3.66. The lowest BCUT2D eigenvalue weighted by molar-refractivity contribution is 0.302. The van der Waals surface area contributed by atoms with Crippen molar-refractivity contribution < 1.29 is 14.2 Å². The van der Waals surface area contributed by atoms with Gasteiger partial charge in [-0.15, -0.1) is 0 Å². The summed E-state index contributed by atoms with van der Waals surface area (Å²) in [6.07, 6.45) is 0.625. The molecule has 4 nitrogen and oxygen atoms in total. The molecule has 0 aliphatic rings. The number of hydrogen-bond acceptors (Lipinski definition) is 4. The van der Waals surface area contributed by atoms with Crippen LogP contribution in [-0.2, 0) is 11.2 Å². The average Bonchev–Trinajstić information content (AvgIpc) is 2.41. The summed E-state index contributed by atoms with van der Waals surface area (Å²) in [5.74, 6) is 1.41. The third-order valence-electron chi connectivity index (χ3n) is 2.52. The van der Waals surface area contributed by atoms with Gasteiger partial charge < -0.3 is 14.2 Å². The number of benzene rings is 1. The normalized spacial score (nSPS) is 12.2. The predicted molar refractivity (Wildman–Crippen MR) is 82.9 cm³/mol. The molecule has 0 atom stereocenters. The topological polar surface area (TPSA) is 40.0 Å². The van der Waals surface area contributed by atoms with Crippen LogP contribution < -0.4 is 9.47 Å². The second-order valence-electron chi connectivity index (χ2n) is 3.81. The maximum atomic E-state index is 5.71. The third-order valence-corrected chi connectivity index (χ3v) is 3.01. The van der Waals surface area contributed by atoms with Gasteiger partial charge in [0.25, 0.3) is 3.79 Å². The number of rotatable bonds is 5. The Balaban J connectivity index is 2.63. The Kier molecular flexibility index (Phi) is 6.72. The van der Waals surface area contributed by atoms with Crippen molar-refractivity contribution >= 4 is 40.7 Å². The second kappa shape index (κ2) is 7.81. The van der Waals surface area contributed by atoms with Crippen molar-refractivity contribution in [3.8, 4) is 11.5 Å². The summed E-state index contributed by atoms with van der Waals surface area (Å²) in [7, 11) is 4.68. The molecule has 0 radical (unpaired) electrons. The highest BCUT2D eigenvalue weighted by molar-refractivity contribution is 6.76. The van der Waals surface area contributed by atoms with Crippen LogP contribution in [0.15, 0.2) is 23.2 Å². The fourth-order valence-corrected chi connectivity index (χ4v) is 1.99. The van der Waals surface area contributed by atoms with E-state index in [1.54, 1.807) is 14.2 Å². The Labute approximate surface area is 133 Å². The monoisotopic (exact) mass is 339 g/mol. The molecular formula is C13H16Cl3NO3. The zero-order chi connectivity index (χ0) is 15.2. The smallest absolute Gasteiger partial charge is 0.266 e. The van der Waals surface area contributed by atoms with E-state index in [9.17, 15) is 0 Å². The highest BCUT2D eigenvalue weighted by Gasteiger charge is 2.29. The number of ether oxygens (including phenoxy) is 3. The molecule has 0 aliphatic carbocycles. The standard InChI is InChI=1S/C13H16Cl3NO3/c1-17-12(13(14,15)16)20-7-6-9-4-5-10(18-2)11(8-9)19-3/h4-5,8H,6-7H2,1-3H3/b17-12-. The SMILES string of the molecule is C/N=C(\OCCc1ccc(OC)c(OC)c1)C(Cl)(Cl)Cl. The van der Waals surface area contributed by atoms with E-state index in [-0.39, 0.29) is 5.90 Å². The van der Waals surface area contributed by atoms with Gasteiger partial charge in [-0.25, -0.2) is 0 Å². The fraction of sp³-hybridized carbons (Fsp3) is 0.462. The van der Waals surface area contributed by atoms with E-state index in [0.29, 0.717) is 24.5 Å². The van der Waals surface area contributed by atoms with Crippen LogP contribution in [0.4, 0.5) is 0 Å². The quantitative estimate of drug-likeness (QED) is 0.466. The van der Waals surface area contributed by atoms with Gasteiger partial charge in [-0.1, -0.05) is 40.9 Å². The second-order valence-corrected chi connectivity index (χ2v) is 6.10. The van der Waals surface area contributed by atoms with E-state index in [2.05, 4.69) is 4.99 Å². The molecule has 0 aliphatic heterocycles. The Morgan fingerprint density at radius 3 is 2.30 bits per heavy atom. The molecule has 0 bridgehead atoms. The molecule has 0 N–H and O–H groups in total. The van der Waals surface area contributed by atoms with Crippen molar-refractivity contribution in [3.05, 3.63) is 23.8 Å². The number of methoxy groups -OCH3 is 2. The number of hydrogen-bond donors (Lipinski definition) is 0. The molecule has 0 unspecified atom stereocenters. The Hall–Kier alpha value is -0.840. The van der Waals surface area contributed by atoms with Gasteiger partial charge in [-0.3, -0.25) is 4.99 Å². The minimum atomic E-state index is -1.65. The van der Waals surface area contributed by atoms with Crippen LogP contribution >= 0.6 is 34.8 Å². The summed E-state index contributed by atoms with van der Waals surface area (Å²) in [6, 6.07) is 5.63. The number of aliphatic imine (C=N–C) groups is 1. The van der Waals surface area contributed by atoms with Crippen molar-refractivity contribution in [1.82, 2.24) is 0 Å². The molecule has 0 fully saturated rings. The van der Waals surface area contributed by atoms with Crippen molar-refractivity contribution in [2.24, 2.45) is 4.99 Å².